The number of benzene rings is 1. The van der Waals surface area contributed by atoms with Gasteiger partial charge in [-0.3, -0.25) is 4.79 Å². The van der Waals surface area contributed by atoms with Gasteiger partial charge in [0.1, 0.15) is 0 Å². The molecule has 0 spiro atoms. The quantitative estimate of drug-likeness (QED) is 0.847. The molecule has 88 valence electrons. The third-order valence-electron chi connectivity index (χ3n) is 2.77. The van der Waals surface area contributed by atoms with Crippen LogP contribution in [0.25, 0.3) is 0 Å². The van der Waals surface area contributed by atoms with Crippen molar-refractivity contribution in [2.24, 2.45) is 0 Å². The zero-order chi connectivity index (χ0) is 12.5. The highest BCUT2D eigenvalue weighted by Gasteiger charge is 2.32. The maximum atomic E-state index is 12.4. The van der Waals surface area contributed by atoms with E-state index in [1.807, 2.05) is 49.6 Å². The Morgan fingerprint density at radius 2 is 1.94 bits per heavy atom. The Hall–Kier alpha value is -1.68. The number of ketones is 1. The van der Waals surface area contributed by atoms with Gasteiger partial charge in [0, 0.05) is 10.9 Å². The number of aromatic nitrogens is 1. The highest BCUT2D eigenvalue weighted by molar-refractivity contribution is 7.13. The maximum Gasteiger partial charge on any atom is 0.180 e. The molecule has 2 aromatic rings. The average Bonchev–Trinajstić information content (AvgIpc) is 2.77. The number of hydrogen-bond acceptors (Lipinski definition) is 4. The number of nitrogens with zero attached hydrogens (tertiary/aromatic N) is 1. The van der Waals surface area contributed by atoms with Crippen LogP contribution in [0.3, 0.4) is 0 Å². The van der Waals surface area contributed by atoms with Gasteiger partial charge in [-0.15, -0.1) is 11.3 Å². The molecule has 0 bridgehead atoms. The van der Waals surface area contributed by atoms with E-state index in [2.05, 4.69) is 4.98 Å². The van der Waals surface area contributed by atoms with Crippen LogP contribution in [-0.2, 0) is 5.41 Å². The Bertz CT molecular complexity index is 531. The molecule has 0 aliphatic rings. The van der Waals surface area contributed by atoms with E-state index in [4.69, 9.17) is 5.73 Å². The van der Waals surface area contributed by atoms with Crippen LogP contribution in [0, 0.1) is 0 Å². The first-order chi connectivity index (χ1) is 8.01. The van der Waals surface area contributed by atoms with Gasteiger partial charge in [0.25, 0.3) is 0 Å². The van der Waals surface area contributed by atoms with E-state index in [1.54, 1.807) is 0 Å². The molecule has 0 saturated carbocycles. The zero-order valence-corrected chi connectivity index (χ0v) is 10.6. The van der Waals surface area contributed by atoms with Crippen molar-refractivity contribution < 1.29 is 4.79 Å². The molecule has 1 aromatic carbocycles. The number of carbonyl (C=O) groups excluding carboxylic acids is 1. The van der Waals surface area contributed by atoms with E-state index in [0.717, 1.165) is 5.69 Å². The van der Waals surface area contributed by atoms with Gasteiger partial charge in [-0.2, -0.15) is 0 Å². The molecule has 0 fully saturated rings. The van der Waals surface area contributed by atoms with E-state index in [1.165, 1.54) is 11.3 Å². The summed E-state index contributed by atoms with van der Waals surface area (Å²) in [6, 6.07) is 9.25. The molecular formula is C13H14N2OS. The van der Waals surface area contributed by atoms with Gasteiger partial charge < -0.3 is 5.73 Å². The van der Waals surface area contributed by atoms with Crippen LogP contribution in [-0.4, -0.2) is 10.8 Å². The molecule has 2 N–H and O–H groups in total. The largest absolute Gasteiger partial charge is 0.375 e. The summed E-state index contributed by atoms with van der Waals surface area (Å²) in [6.07, 6.45) is 0. The van der Waals surface area contributed by atoms with Gasteiger partial charge in [-0.1, -0.05) is 30.3 Å². The summed E-state index contributed by atoms with van der Waals surface area (Å²) in [5.41, 5.74) is 6.40. The predicted octanol–water partition coefficient (Wildman–Crippen LogP) is 2.89. The molecule has 0 saturated heterocycles. The summed E-state index contributed by atoms with van der Waals surface area (Å²) in [6.45, 7) is 3.74. The van der Waals surface area contributed by atoms with Crippen LogP contribution < -0.4 is 5.73 Å². The minimum absolute atomic E-state index is 0.0587. The number of hydrogen-bond donors (Lipinski definition) is 1. The molecule has 0 aliphatic heterocycles. The van der Waals surface area contributed by atoms with Gasteiger partial charge in [-0.05, 0) is 13.8 Å². The molecule has 1 aromatic heterocycles. The van der Waals surface area contributed by atoms with Gasteiger partial charge >= 0.3 is 0 Å². The van der Waals surface area contributed by atoms with Crippen LogP contribution in [0.2, 0.25) is 0 Å². The molecule has 17 heavy (non-hydrogen) atoms. The van der Waals surface area contributed by atoms with Crippen molar-refractivity contribution in [2.75, 3.05) is 5.73 Å². The molecule has 0 unspecified atom stereocenters. The van der Waals surface area contributed by atoms with Gasteiger partial charge in [0.05, 0.1) is 11.1 Å². The number of nitrogens with two attached hydrogens (primary N) is 1. The van der Waals surface area contributed by atoms with Crippen LogP contribution >= 0.6 is 11.3 Å². The topological polar surface area (TPSA) is 56.0 Å². The average molecular weight is 246 g/mol. The minimum atomic E-state index is -0.643. The Morgan fingerprint density at radius 3 is 2.47 bits per heavy atom. The Balaban J connectivity index is 2.36. The first-order valence-corrected chi connectivity index (χ1v) is 6.21. The number of Topliss-reactive ketones (excluding diaryl/α,β-unsaturated/α-hetero) is 1. The van der Waals surface area contributed by atoms with Gasteiger partial charge in [-0.25, -0.2) is 4.98 Å². The summed E-state index contributed by atoms with van der Waals surface area (Å²) in [7, 11) is 0. The number of anilines is 1. The van der Waals surface area contributed by atoms with E-state index >= 15 is 0 Å². The Labute approximate surface area is 104 Å². The second-order valence-electron chi connectivity index (χ2n) is 4.39. The van der Waals surface area contributed by atoms with Gasteiger partial charge in [0.15, 0.2) is 10.9 Å². The second kappa shape index (κ2) is 4.30. The summed E-state index contributed by atoms with van der Waals surface area (Å²) in [5, 5.41) is 2.34. The standard InChI is InChI=1S/C13H14N2OS/c1-13(2,10-8-17-12(14)15-10)11(16)9-6-4-3-5-7-9/h3-8H,1-2H3,(H2,14,15). The number of carbonyl (C=O) groups is 1. The first kappa shape index (κ1) is 11.8. The summed E-state index contributed by atoms with van der Waals surface area (Å²) in [5.74, 6) is 0.0587. The molecule has 0 amide bonds. The van der Waals surface area contributed by atoms with Crippen molar-refractivity contribution in [1.29, 1.82) is 0 Å². The zero-order valence-electron chi connectivity index (χ0n) is 9.81. The number of thiazole rings is 1. The molecule has 1 heterocycles. The minimum Gasteiger partial charge on any atom is -0.375 e. The van der Waals surface area contributed by atoms with Crippen molar-refractivity contribution in [3.05, 3.63) is 47.0 Å². The fraction of sp³-hybridized carbons (Fsp3) is 0.231. The molecule has 0 radical (unpaired) electrons. The smallest absolute Gasteiger partial charge is 0.180 e. The predicted molar refractivity (Wildman–Crippen MR) is 70.3 cm³/mol. The van der Waals surface area contributed by atoms with E-state index in [-0.39, 0.29) is 5.78 Å². The summed E-state index contributed by atoms with van der Waals surface area (Å²) >= 11 is 1.36. The van der Waals surface area contributed by atoms with E-state index in [9.17, 15) is 4.79 Å². The SMILES string of the molecule is CC(C)(C(=O)c1ccccc1)c1csc(N)n1. The Morgan fingerprint density at radius 1 is 1.29 bits per heavy atom. The lowest BCUT2D eigenvalue weighted by atomic mass is 9.82. The molecule has 2 rings (SSSR count). The molecule has 4 heteroatoms. The van der Waals surface area contributed by atoms with Crippen molar-refractivity contribution >= 4 is 22.3 Å². The maximum absolute atomic E-state index is 12.4. The monoisotopic (exact) mass is 246 g/mol. The third-order valence-corrected chi connectivity index (χ3v) is 3.44. The lowest BCUT2D eigenvalue weighted by Gasteiger charge is -2.20. The van der Waals surface area contributed by atoms with Gasteiger partial charge in [0.2, 0.25) is 0 Å². The van der Waals surface area contributed by atoms with Crippen LogP contribution in [0.1, 0.15) is 29.9 Å². The number of nitrogen functional groups attached to an aromatic ring is 1. The summed E-state index contributed by atoms with van der Waals surface area (Å²) in [4.78, 5) is 16.6. The van der Waals surface area contributed by atoms with Crippen molar-refractivity contribution in [1.82, 2.24) is 4.98 Å². The van der Waals surface area contributed by atoms with E-state index < -0.39 is 5.41 Å². The Kier molecular flexibility index (Phi) is 2.98. The highest BCUT2D eigenvalue weighted by Crippen LogP contribution is 2.29. The molecule has 0 aliphatic carbocycles. The van der Waals surface area contributed by atoms with Crippen molar-refractivity contribution in [3.8, 4) is 0 Å². The highest BCUT2D eigenvalue weighted by atomic mass is 32.1. The third kappa shape index (κ3) is 2.22. The summed E-state index contributed by atoms with van der Waals surface area (Å²) < 4.78 is 0. The molecule has 0 atom stereocenters. The van der Waals surface area contributed by atoms with Crippen LogP contribution in [0.4, 0.5) is 5.13 Å². The molecule has 3 nitrogen and oxygen atoms in total. The van der Waals surface area contributed by atoms with Crippen LogP contribution in [0.5, 0.6) is 0 Å². The normalized spacial score (nSPS) is 11.4. The van der Waals surface area contributed by atoms with Crippen LogP contribution in [0.15, 0.2) is 35.7 Å². The first-order valence-electron chi connectivity index (χ1n) is 5.33. The van der Waals surface area contributed by atoms with E-state index in [0.29, 0.717) is 10.7 Å². The lowest BCUT2D eigenvalue weighted by Crippen LogP contribution is -2.29. The van der Waals surface area contributed by atoms with Crippen molar-refractivity contribution in [3.63, 3.8) is 0 Å². The fourth-order valence-electron chi connectivity index (χ4n) is 1.64. The fourth-order valence-corrected chi connectivity index (χ4v) is 2.37. The van der Waals surface area contributed by atoms with Crippen molar-refractivity contribution in [2.45, 2.75) is 19.3 Å². The second-order valence-corrected chi connectivity index (χ2v) is 5.28. The molecular weight excluding hydrogens is 232 g/mol. The lowest BCUT2D eigenvalue weighted by molar-refractivity contribution is 0.0906. The number of rotatable bonds is 3.